The Morgan fingerprint density at radius 2 is 2.00 bits per heavy atom. The molecule has 2 fully saturated rings. The molecule has 5 heterocycles. The summed E-state index contributed by atoms with van der Waals surface area (Å²) < 4.78 is 55.8. The Morgan fingerprint density at radius 3 is 2.70 bits per heavy atom. The van der Waals surface area contributed by atoms with E-state index in [1.807, 2.05) is 0 Å². The summed E-state index contributed by atoms with van der Waals surface area (Å²) in [5.41, 5.74) is 5.13. The van der Waals surface area contributed by atoms with E-state index in [2.05, 4.69) is 19.9 Å². The first-order chi connectivity index (χ1) is 22.4. The number of aromatic amines is 1. The lowest BCUT2D eigenvalue weighted by atomic mass is 10.1. The summed E-state index contributed by atoms with van der Waals surface area (Å²) >= 11 is 0.476. The van der Waals surface area contributed by atoms with Crippen LogP contribution in [0.3, 0.4) is 0 Å². The number of methoxy groups -OCH3 is 1. The lowest BCUT2D eigenvalue weighted by Crippen LogP contribution is -2.39. The van der Waals surface area contributed by atoms with Gasteiger partial charge in [-0.1, -0.05) is 0 Å². The van der Waals surface area contributed by atoms with Crippen LogP contribution in [0.5, 0.6) is 0 Å². The van der Waals surface area contributed by atoms with Crippen molar-refractivity contribution < 1.29 is 52.3 Å². The van der Waals surface area contributed by atoms with Gasteiger partial charge in [0.05, 0.1) is 31.7 Å². The maximum atomic E-state index is 14.2. The maximum absolute atomic E-state index is 14.2. The smallest absolute Gasteiger partial charge is 0.432 e. The predicted octanol–water partition coefficient (Wildman–Crippen LogP) is 0.274. The highest BCUT2D eigenvalue weighted by molar-refractivity contribution is 8.55. The number of aliphatic hydroxyl groups is 2. The van der Waals surface area contributed by atoms with Crippen molar-refractivity contribution in [2.24, 2.45) is 0 Å². The molecule has 3 aromatic heterocycles. The average molecular weight is 704 g/mol. The topological polar surface area (TPSA) is 264 Å². The van der Waals surface area contributed by atoms with Crippen LogP contribution in [0, 0.1) is 0 Å². The maximum Gasteiger partial charge on any atom is 0.509 e. The number of rotatable bonds is 13. The molecule has 0 aliphatic carbocycles. The van der Waals surface area contributed by atoms with Crippen LogP contribution in [0.1, 0.15) is 32.7 Å². The second kappa shape index (κ2) is 14.8. The van der Waals surface area contributed by atoms with Crippen LogP contribution in [-0.4, -0.2) is 108 Å². The van der Waals surface area contributed by atoms with Crippen molar-refractivity contribution in [2.45, 2.75) is 69.3 Å². The van der Waals surface area contributed by atoms with E-state index in [9.17, 15) is 29.2 Å². The minimum Gasteiger partial charge on any atom is -0.432 e. The van der Waals surface area contributed by atoms with Crippen molar-refractivity contribution in [1.82, 2.24) is 29.1 Å². The Bertz CT molecular complexity index is 1720. The molecule has 2 aliphatic heterocycles. The van der Waals surface area contributed by atoms with Gasteiger partial charge < -0.3 is 39.6 Å². The van der Waals surface area contributed by atoms with Crippen molar-refractivity contribution in [3.05, 3.63) is 45.8 Å². The number of nitrogen functional groups attached to an aromatic ring is 1. The molecule has 3 aromatic rings. The normalized spacial score (nSPS) is 27.3. The van der Waals surface area contributed by atoms with Gasteiger partial charge in [0, 0.05) is 37.2 Å². The molecule has 0 bridgehead atoms. The molecule has 258 valence electrons. The Hall–Kier alpha value is -3.40. The van der Waals surface area contributed by atoms with E-state index in [0.29, 0.717) is 22.5 Å². The van der Waals surface area contributed by atoms with Gasteiger partial charge in [0.25, 0.3) is 5.56 Å². The third-order valence-corrected chi connectivity index (χ3v) is 10.5. The zero-order chi connectivity index (χ0) is 33.9. The van der Waals surface area contributed by atoms with Crippen molar-refractivity contribution in [3.8, 4) is 0 Å². The number of fused-ring (bicyclic) bond motifs is 1. The number of nitrogens with two attached hydrogens (primary N) is 1. The molecule has 20 nitrogen and oxygen atoms in total. The quantitative estimate of drug-likeness (QED) is 0.106. The van der Waals surface area contributed by atoms with Gasteiger partial charge in [-0.3, -0.25) is 28.0 Å². The molecule has 0 aromatic carbocycles. The summed E-state index contributed by atoms with van der Waals surface area (Å²) in [5, 5.41) is 20.9. The van der Waals surface area contributed by atoms with Gasteiger partial charge >= 0.3 is 18.6 Å². The predicted molar refractivity (Wildman–Crippen MR) is 161 cm³/mol. The standard InChI is InChI=1S/C25H34N7O13PS/c1-12(2)42-25(37)40-11-47-46(38,45-19-14(7-33)44-23(20(19)39-3)31-5-4-16(35)30-24(31)36)41-8-15-13(34)6-17(43-15)32-10-29-18-21(26)27-9-28-22(18)32/h4-5,9-10,12-15,17,19-20,23,33-34H,6-8,11H2,1-3H3,(H2,26,27,28)(H,30,35,36)/t13?,14-,15-,17-,19?,20?,23-,46-/m1/s1. The fraction of sp³-hybridized carbons (Fsp3) is 0.600. The number of anilines is 1. The van der Waals surface area contributed by atoms with Crippen LogP contribution in [0.2, 0.25) is 0 Å². The SMILES string of the molecule is COC1C(O[P@@](=O)(OC[C@H]2O[C@@H](n3cnc4c(N)ncnc43)CC2O)SCOC(=O)OC(C)C)[C@@H](CO)O[C@H]1n1ccc(=O)[nH]c1=O. The van der Waals surface area contributed by atoms with Gasteiger partial charge in [-0.25, -0.2) is 29.1 Å². The number of carbonyl (C=O) groups excluding carboxylic acids is 1. The number of aromatic nitrogens is 6. The molecule has 8 atom stereocenters. The van der Waals surface area contributed by atoms with Crippen LogP contribution < -0.4 is 17.0 Å². The second-order valence-electron chi connectivity index (χ2n) is 10.6. The summed E-state index contributed by atoms with van der Waals surface area (Å²) in [5.74, 6) is -0.375. The number of H-pyrrole nitrogens is 1. The highest BCUT2D eigenvalue weighted by atomic mass is 32.7. The van der Waals surface area contributed by atoms with E-state index >= 15 is 0 Å². The summed E-state index contributed by atoms with van der Waals surface area (Å²) in [7, 11) is 1.28. The van der Waals surface area contributed by atoms with E-state index < -0.39 is 92.4 Å². The third-order valence-electron chi connectivity index (χ3n) is 7.13. The minimum absolute atomic E-state index is 0.0935. The fourth-order valence-electron chi connectivity index (χ4n) is 4.98. The molecule has 0 amide bonds. The minimum atomic E-state index is -4.38. The zero-order valence-corrected chi connectivity index (χ0v) is 27.0. The van der Waals surface area contributed by atoms with E-state index in [0.717, 1.165) is 10.6 Å². The van der Waals surface area contributed by atoms with Crippen molar-refractivity contribution in [2.75, 3.05) is 32.0 Å². The zero-order valence-electron chi connectivity index (χ0n) is 25.3. The van der Waals surface area contributed by atoms with Crippen LogP contribution >= 0.6 is 18.2 Å². The van der Waals surface area contributed by atoms with Gasteiger partial charge in [-0.05, 0) is 13.8 Å². The number of nitrogens with one attached hydrogen (secondary N) is 1. The lowest BCUT2D eigenvalue weighted by Gasteiger charge is -2.28. The van der Waals surface area contributed by atoms with E-state index in [4.69, 9.17) is 38.5 Å². The molecule has 0 radical (unpaired) electrons. The van der Waals surface area contributed by atoms with Crippen LogP contribution in [0.4, 0.5) is 10.6 Å². The van der Waals surface area contributed by atoms with Crippen molar-refractivity contribution in [1.29, 1.82) is 0 Å². The first-order valence-corrected chi connectivity index (χ1v) is 17.3. The Morgan fingerprint density at radius 1 is 1.21 bits per heavy atom. The molecule has 5 N–H and O–H groups in total. The molecule has 0 saturated carbocycles. The summed E-state index contributed by atoms with van der Waals surface area (Å²) in [6.07, 6.45) is -5.23. The number of nitrogens with zero attached hydrogens (tertiary/aromatic N) is 5. The van der Waals surface area contributed by atoms with Crippen LogP contribution in [0.15, 0.2) is 34.5 Å². The summed E-state index contributed by atoms with van der Waals surface area (Å²) in [6, 6.07) is 1.09. The van der Waals surface area contributed by atoms with Gasteiger partial charge in [-0.2, -0.15) is 0 Å². The van der Waals surface area contributed by atoms with E-state index in [1.165, 1.54) is 26.0 Å². The molecule has 2 aliphatic rings. The highest BCUT2D eigenvalue weighted by Crippen LogP contribution is 2.63. The Kier molecular flexibility index (Phi) is 11.0. The van der Waals surface area contributed by atoms with Crippen molar-refractivity contribution in [3.63, 3.8) is 0 Å². The largest absolute Gasteiger partial charge is 0.509 e. The monoisotopic (exact) mass is 703 g/mol. The van der Waals surface area contributed by atoms with Crippen LogP contribution in [0.25, 0.3) is 11.2 Å². The van der Waals surface area contributed by atoms with Gasteiger partial charge in [-0.15, -0.1) is 0 Å². The molecule has 3 unspecified atom stereocenters. The van der Waals surface area contributed by atoms with Gasteiger partial charge in [0.15, 0.2) is 23.6 Å². The molecule has 5 rings (SSSR count). The molecule has 22 heteroatoms. The summed E-state index contributed by atoms with van der Waals surface area (Å²) in [6.45, 7) is -2.26. The summed E-state index contributed by atoms with van der Waals surface area (Å²) in [4.78, 5) is 50.5. The number of hydrogen-bond donors (Lipinski definition) is 4. The molecule has 2 saturated heterocycles. The lowest BCUT2D eigenvalue weighted by molar-refractivity contribution is -0.0625. The molecule has 0 spiro atoms. The van der Waals surface area contributed by atoms with Crippen LogP contribution in [-0.2, 0) is 37.3 Å². The first-order valence-electron chi connectivity index (χ1n) is 14.2. The Labute approximate surface area is 269 Å². The number of hydrogen-bond acceptors (Lipinski definition) is 18. The first kappa shape index (κ1) is 34.9. The van der Waals surface area contributed by atoms with Gasteiger partial charge in [0.1, 0.15) is 42.5 Å². The Balaban J connectivity index is 1.34. The number of carbonyl (C=O) groups is 1. The van der Waals surface area contributed by atoms with Crippen molar-refractivity contribution >= 4 is 41.3 Å². The fourth-order valence-corrected chi connectivity index (χ4v) is 7.77. The van der Waals surface area contributed by atoms with E-state index in [-0.39, 0.29) is 12.2 Å². The molecular weight excluding hydrogens is 669 g/mol. The number of ether oxygens (including phenoxy) is 5. The average Bonchev–Trinajstić information content (AvgIpc) is 3.71. The van der Waals surface area contributed by atoms with Gasteiger partial charge in [0.2, 0.25) is 0 Å². The second-order valence-corrected chi connectivity index (χ2v) is 14.6. The number of aliphatic hydroxyl groups excluding tert-OH is 2. The highest BCUT2D eigenvalue weighted by Gasteiger charge is 2.51. The molecular formula is C25H34N7O13PS. The molecule has 47 heavy (non-hydrogen) atoms. The van der Waals surface area contributed by atoms with E-state index in [1.54, 1.807) is 18.4 Å². The third kappa shape index (κ3) is 7.85. The number of imidazole rings is 1.